The third kappa shape index (κ3) is 2.24. The predicted molar refractivity (Wildman–Crippen MR) is 69.7 cm³/mol. The highest BCUT2D eigenvalue weighted by molar-refractivity contribution is 5.09. The number of rotatable bonds is 4. The zero-order valence-corrected chi connectivity index (χ0v) is 11.2. The molecule has 1 unspecified atom stereocenters. The first-order valence-electron chi connectivity index (χ1n) is 6.57. The Morgan fingerprint density at radius 1 is 1.53 bits per heavy atom. The molecule has 17 heavy (non-hydrogen) atoms. The number of aromatic nitrogens is 2. The molecule has 4 heteroatoms. The summed E-state index contributed by atoms with van der Waals surface area (Å²) in [5.41, 5.74) is 7.52. The fraction of sp³-hybridized carbons (Fsp3) is 0.769. The quantitative estimate of drug-likeness (QED) is 0.867. The lowest BCUT2D eigenvalue weighted by atomic mass is 9.99. The van der Waals surface area contributed by atoms with E-state index in [0.29, 0.717) is 12.6 Å². The third-order valence-corrected chi connectivity index (χ3v) is 3.99. The van der Waals surface area contributed by atoms with Crippen LogP contribution in [0.3, 0.4) is 0 Å². The van der Waals surface area contributed by atoms with Crippen LogP contribution in [0.25, 0.3) is 0 Å². The zero-order chi connectivity index (χ0) is 12.5. The molecule has 2 N–H and O–H groups in total. The molecule has 0 amide bonds. The van der Waals surface area contributed by atoms with Crippen LogP contribution in [0.1, 0.15) is 45.3 Å². The van der Waals surface area contributed by atoms with E-state index in [-0.39, 0.29) is 5.54 Å². The minimum atomic E-state index is 0.257. The van der Waals surface area contributed by atoms with Crippen molar-refractivity contribution in [2.24, 2.45) is 5.73 Å². The standard InChI is InChI=1S/C13H24N4/c1-4-16-10-15-9-12(16)11(8-14)17-7-5-6-13(17,2)3/h9-11H,4-8,14H2,1-3H3. The molecule has 0 bridgehead atoms. The van der Waals surface area contributed by atoms with Crippen molar-refractivity contribution in [1.82, 2.24) is 14.5 Å². The lowest BCUT2D eigenvalue weighted by Gasteiger charge is -2.38. The van der Waals surface area contributed by atoms with Crippen LogP contribution in [-0.4, -0.2) is 33.1 Å². The molecule has 1 atom stereocenters. The molecule has 0 radical (unpaired) electrons. The van der Waals surface area contributed by atoms with Crippen LogP contribution in [-0.2, 0) is 6.54 Å². The zero-order valence-electron chi connectivity index (χ0n) is 11.2. The van der Waals surface area contributed by atoms with E-state index in [1.807, 2.05) is 12.5 Å². The van der Waals surface area contributed by atoms with Gasteiger partial charge in [0.1, 0.15) is 0 Å². The second-order valence-electron chi connectivity index (χ2n) is 5.47. The number of likely N-dealkylation sites (tertiary alicyclic amines) is 1. The molecule has 1 aliphatic heterocycles. The molecule has 2 heterocycles. The molecule has 96 valence electrons. The van der Waals surface area contributed by atoms with Crippen molar-refractivity contribution in [3.8, 4) is 0 Å². The van der Waals surface area contributed by atoms with Crippen LogP contribution in [0.15, 0.2) is 12.5 Å². The lowest BCUT2D eigenvalue weighted by Crippen LogP contribution is -2.44. The molecule has 0 aromatic carbocycles. The Hall–Kier alpha value is -0.870. The van der Waals surface area contributed by atoms with Crippen molar-refractivity contribution in [1.29, 1.82) is 0 Å². The van der Waals surface area contributed by atoms with Gasteiger partial charge in [-0.25, -0.2) is 4.98 Å². The van der Waals surface area contributed by atoms with Crippen LogP contribution >= 0.6 is 0 Å². The normalized spacial score (nSPS) is 21.9. The predicted octanol–water partition coefficient (Wildman–Crippen LogP) is 1.78. The number of nitrogens with zero attached hydrogens (tertiary/aromatic N) is 3. The summed E-state index contributed by atoms with van der Waals surface area (Å²) in [5, 5.41) is 0. The second kappa shape index (κ2) is 4.78. The van der Waals surface area contributed by atoms with Gasteiger partial charge in [0.15, 0.2) is 0 Å². The van der Waals surface area contributed by atoms with E-state index < -0.39 is 0 Å². The second-order valence-corrected chi connectivity index (χ2v) is 5.47. The average Bonchev–Trinajstić information content (AvgIpc) is 2.87. The lowest BCUT2D eigenvalue weighted by molar-refractivity contribution is 0.114. The summed E-state index contributed by atoms with van der Waals surface area (Å²) in [6.07, 6.45) is 6.39. The van der Waals surface area contributed by atoms with Gasteiger partial charge in [0, 0.05) is 24.8 Å². The minimum absolute atomic E-state index is 0.257. The summed E-state index contributed by atoms with van der Waals surface area (Å²) in [4.78, 5) is 6.80. The molecule has 2 rings (SSSR count). The SMILES string of the molecule is CCn1cncc1C(CN)N1CCCC1(C)C. The highest BCUT2D eigenvalue weighted by atomic mass is 15.3. The first kappa shape index (κ1) is 12.6. The van der Waals surface area contributed by atoms with Crippen LogP contribution in [0.5, 0.6) is 0 Å². The van der Waals surface area contributed by atoms with E-state index in [0.717, 1.165) is 13.1 Å². The number of aryl methyl sites for hydroxylation is 1. The summed E-state index contributed by atoms with van der Waals surface area (Å²) >= 11 is 0. The van der Waals surface area contributed by atoms with E-state index in [2.05, 4.69) is 35.2 Å². The molecule has 0 spiro atoms. The monoisotopic (exact) mass is 236 g/mol. The molecule has 1 aromatic heterocycles. The van der Waals surface area contributed by atoms with Gasteiger partial charge in [0.05, 0.1) is 18.1 Å². The Balaban J connectivity index is 2.28. The number of hydrogen-bond acceptors (Lipinski definition) is 3. The highest BCUT2D eigenvalue weighted by Gasteiger charge is 2.37. The van der Waals surface area contributed by atoms with Gasteiger partial charge < -0.3 is 10.3 Å². The van der Waals surface area contributed by atoms with Crippen molar-refractivity contribution < 1.29 is 0 Å². The van der Waals surface area contributed by atoms with Crippen LogP contribution in [0.2, 0.25) is 0 Å². The molecular formula is C13H24N4. The van der Waals surface area contributed by atoms with Gasteiger partial charge in [-0.2, -0.15) is 0 Å². The smallest absolute Gasteiger partial charge is 0.0948 e. The topological polar surface area (TPSA) is 47.1 Å². The maximum atomic E-state index is 6.01. The number of nitrogens with two attached hydrogens (primary N) is 1. The van der Waals surface area contributed by atoms with E-state index in [1.165, 1.54) is 18.5 Å². The molecule has 1 aromatic rings. The van der Waals surface area contributed by atoms with Crippen LogP contribution in [0.4, 0.5) is 0 Å². The first-order chi connectivity index (χ1) is 8.10. The van der Waals surface area contributed by atoms with Crippen molar-refractivity contribution in [2.45, 2.75) is 51.7 Å². The molecule has 0 saturated carbocycles. The van der Waals surface area contributed by atoms with E-state index in [1.54, 1.807) is 0 Å². The minimum Gasteiger partial charge on any atom is -0.333 e. The van der Waals surface area contributed by atoms with Gasteiger partial charge in [-0.05, 0) is 40.2 Å². The van der Waals surface area contributed by atoms with Gasteiger partial charge in [-0.1, -0.05) is 0 Å². The number of hydrogen-bond donors (Lipinski definition) is 1. The largest absolute Gasteiger partial charge is 0.333 e. The fourth-order valence-electron chi connectivity index (χ4n) is 2.99. The van der Waals surface area contributed by atoms with Crippen LogP contribution < -0.4 is 5.73 Å². The summed E-state index contributed by atoms with van der Waals surface area (Å²) in [6.45, 7) is 9.54. The van der Waals surface area contributed by atoms with Crippen molar-refractivity contribution in [3.63, 3.8) is 0 Å². The fourth-order valence-corrected chi connectivity index (χ4v) is 2.99. The molecule has 4 nitrogen and oxygen atoms in total. The first-order valence-corrected chi connectivity index (χ1v) is 6.57. The van der Waals surface area contributed by atoms with Gasteiger partial charge in [0.25, 0.3) is 0 Å². The molecule has 1 saturated heterocycles. The Morgan fingerprint density at radius 3 is 2.82 bits per heavy atom. The Bertz CT molecular complexity index is 369. The van der Waals surface area contributed by atoms with Crippen LogP contribution in [0, 0.1) is 0 Å². The van der Waals surface area contributed by atoms with Gasteiger partial charge >= 0.3 is 0 Å². The summed E-state index contributed by atoms with van der Waals surface area (Å²) in [6, 6.07) is 0.301. The van der Waals surface area contributed by atoms with Crippen molar-refractivity contribution >= 4 is 0 Å². The van der Waals surface area contributed by atoms with E-state index in [4.69, 9.17) is 5.73 Å². The summed E-state index contributed by atoms with van der Waals surface area (Å²) in [5.74, 6) is 0. The summed E-state index contributed by atoms with van der Waals surface area (Å²) < 4.78 is 2.20. The van der Waals surface area contributed by atoms with Gasteiger partial charge in [-0.3, -0.25) is 4.90 Å². The molecule has 1 fully saturated rings. The van der Waals surface area contributed by atoms with Crippen molar-refractivity contribution in [2.75, 3.05) is 13.1 Å². The third-order valence-electron chi connectivity index (χ3n) is 3.99. The average molecular weight is 236 g/mol. The Kier molecular flexibility index (Phi) is 3.54. The molecule has 1 aliphatic rings. The van der Waals surface area contributed by atoms with E-state index in [9.17, 15) is 0 Å². The Labute approximate surface area is 104 Å². The number of imidazole rings is 1. The highest BCUT2D eigenvalue weighted by Crippen LogP contribution is 2.35. The van der Waals surface area contributed by atoms with Crippen molar-refractivity contribution in [3.05, 3.63) is 18.2 Å². The molecule has 0 aliphatic carbocycles. The van der Waals surface area contributed by atoms with Gasteiger partial charge in [-0.15, -0.1) is 0 Å². The van der Waals surface area contributed by atoms with E-state index >= 15 is 0 Å². The maximum absolute atomic E-state index is 6.01. The molecular weight excluding hydrogens is 212 g/mol. The van der Waals surface area contributed by atoms with Gasteiger partial charge in [0.2, 0.25) is 0 Å². The Morgan fingerprint density at radius 2 is 2.29 bits per heavy atom. The summed E-state index contributed by atoms with van der Waals surface area (Å²) in [7, 11) is 0. The maximum Gasteiger partial charge on any atom is 0.0948 e.